The Hall–Kier alpha value is -3.80. The first-order valence-corrected chi connectivity index (χ1v) is 19.3. The van der Waals surface area contributed by atoms with Gasteiger partial charge in [0.25, 0.3) is 8.32 Å². The monoisotopic (exact) mass is 638 g/mol. The second-order valence-corrected chi connectivity index (χ2v) is 17.2. The smallest absolute Gasteiger partial charge is 0.288 e. The minimum absolute atomic E-state index is 0.305. The highest BCUT2D eigenvalue weighted by atomic mass is 32.2. The largest absolute Gasteiger partial charge is 0.404 e. The van der Waals surface area contributed by atoms with E-state index in [4.69, 9.17) is 4.43 Å². The number of benzene rings is 6. The molecule has 6 aromatic carbocycles. The summed E-state index contributed by atoms with van der Waals surface area (Å²) >= 11 is 3.95. The van der Waals surface area contributed by atoms with Crippen LogP contribution in [-0.2, 0) is 10.8 Å². The summed E-state index contributed by atoms with van der Waals surface area (Å²) in [6.07, 6.45) is 1.94. The van der Waals surface area contributed by atoms with Crippen molar-refractivity contribution in [3.8, 4) is 0 Å². The molecular weight excluding hydrogens is 601 g/mol. The molecule has 0 radical (unpaired) electrons. The van der Waals surface area contributed by atoms with E-state index in [1.807, 2.05) is 23.5 Å². The minimum Gasteiger partial charge on any atom is -0.404 e. The van der Waals surface area contributed by atoms with Crippen molar-refractivity contribution >= 4 is 47.4 Å². The van der Waals surface area contributed by atoms with Gasteiger partial charge in [0.05, 0.1) is 4.58 Å². The van der Waals surface area contributed by atoms with Crippen molar-refractivity contribution in [2.45, 2.75) is 27.2 Å². The molecule has 0 saturated heterocycles. The van der Waals surface area contributed by atoms with Gasteiger partial charge in [0, 0.05) is 16.4 Å². The average Bonchev–Trinajstić information content (AvgIpc) is 3.12. The number of hydrogen-bond acceptors (Lipinski definition) is 3. The zero-order valence-electron chi connectivity index (χ0n) is 25.3. The van der Waals surface area contributed by atoms with Gasteiger partial charge in [-0.2, -0.15) is 0 Å². The second-order valence-electron chi connectivity index (χ2n) is 11.1. The number of hydrogen-bond donors (Lipinski definition) is 0. The fourth-order valence-corrected chi connectivity index (χ4v) is 12.6. The topological polar surface area (TPSA) is 9.23 Å². The lowest BCUT2D eigenvalue weighted by molar-refractivity contribution is 0.286. The summed E-state index contributed by atoms with van der Waals surface area (Å²) < 4.78 is 7.73. The van der Waals surface area contributed by atoms with Gasteiger partial charge in [0.15, 0.2) is 0 Å². The van der Waals surface area contributed by atoms with Crippen LogP contribution < -0.4 is 15.6 Å². The van der Waals surface area contributed by atoms with E-state index in [0.29, 0.717) is 17.1 Å². The number of rotatable bonds is 14. The third-order valence-electron chi connectivity index (χ3n) is 8.06. The normalized spacial score (nSPS) is 12.2. The molecule has 0 aliphatic carbocycles. The van der Waals surface area contributed by atoms with Crippen LogP contribution in [0.4, 0.5) is 0 Å². The van der Waals surface area contributed by atoms with Crippen molar-refractivity contribution in [2.75, 3.05) is 6.61 Å². The summed E-state index contributed by atoms with van der Waals surface area (Å²) in [4.78, 5) is 2.60. The Morgan fingerprint density at radius 2 is 0.800 bits per heavy atom. The molecule has 1 nitrogen and oxygen atoms in total. The summed E-state index contributed by atoms with van der Waals surface area (Å²) in [5.74, 6) is 0.372. The summed E-state index contributed by atoms with van der Waals surface area (Å²) in [6.45, 7) is 0.670. The minimum atomic E-state index is -2.78. The third kappa shape index (κ3) is 8.08. The van der Waals surface area contributed by atoms with Gasteiger partial charge < -0.3 is 4.43 Å². The van der Waals surface area contributed by atoms with E-state index >= 15 is 0 Å². The molecule has 4 heteroatoms. The van der Waals surface area contributed by atoms with Crippen LogP contribution in [0.15, 0.2) is 192 Å². The van der Waals surface area contributed by atoms with Crippen LogP contribution in [0.1, 0.15) is 12.0 Å². The van der Waals surface area contributed by atoms with Crippen molar-refractivity contribution < 1.29 is 4.43 Å². The first-order chi connectivity index (χ1) is 22.3. The summed E-state index contributed by atoms with van der Waals surface area (Å²) in [5.41, 5.74) is 1.37. The van der Waals surface area contributed by atoms with E-state index < -0.39 is 8.32 Å². The van der Waals surface area contributed by atoms with Gasteiger partial charge in [0.2, 0.25) is 0 Å². The highest BCUT2D eigenvalue weighted by Gasteiger charge is 2.42. The van der Waals surface area contributed by atoms with Crippen molar-refractivity contribution in [1.29, 1.82) is 0 Å². The van der Waals surface area contributed by atoms with E-state index in [1.54, 1.807) is 0 Å². The average molecular weight is 639 g/mol. The highest BCUT2D eigenvalue weighted by molar-refractivity contribution is 8.17. The van der Waals surface area contributed by atoms with Gasteiger partial charge in [-0.25, -0.2) is 0 Å². The third-order valence-corrected chi connectivity index (χ3v) is 15.0. The zero-order valence-corrected chi connectivity index (χ0v) is 28.0. The van der Waals surface area contributed by atoms with Crippen LogP contribution in [0.3, 0.4) is 0 Å². The standard InChI is InChI=1S/C41H38OS2Si/c1-7-19-34(20-8-1)33-35(41(43-36-21-9-2-10-22-36)44-37-23-11-3-12-24-37)31-32-42-45(38-25-13-4-14-26-38,39-27-15-5-16-28-39)40-29-17-6-18-30-40/h1-30,35,41H,31-33H2. The highest BCUT2D eigenvalue weighted by Crippen LogP contribution is 2.42. The zero-order chi connectivity index (χ0) is 30.6. The predicted molar refractivity (Wildman–Crippen MR) is 197 cm³/mol. The molecular formula is C41H38OS2Si. The van der Waals surface area contributed by atoms with E-state index in [1.165, 1.54) is 30.9 Å². The Bertz CT molecular complexity index is 1550. The van der Waals surface area contributed by atoms with Gasteiger partial charge in [-0.3, -0.25) is 0 Å². The fourth-order valence-electron chi connectivity index (χ4n) is 5.87. The fraction of sp³-hybridized carbons (Fsp3) is 0.122. The van der Waals surface area contributed by atoms with Crippen LogP contribution in [0.5, 0.6) is 0 Å². The first kappa shape index (κ1) is 31.2. The molecule has 0 aromatic heterocycles. The van der Waals surface area contributed by atoms with Crippen molar-refractivity contribution in [1.82, 2.24) is 0 Å². The maximum atomic E-state index is 7.43. The molecule has 224 valence electrons. The van der Waals surface area contributed by atoms with Crippen LogP contribution >= 0.6 is 23.5 Å². The van der Waals surface area contributed by atoms with Gasteiger partial charge in [-0.05, 0) is 64.1 Å². The Morgan fingerprint density at radius 1 is 0.444 bits per heavy atom. The molecule has 1 unspecified atom stereocenters. The van der Waals surface area contributed by atoms with E-state index in [0.717, 1.165) is 12.8 Å². The van der Waals surface area contributed by atoms with E-state index in [9.17, 15) is 0 Å². The molecule has 0 aliphatic heterocycles. The molecule has 0 aliphatic rings. The summed E-state index contributed by atoms with van der Waals surface area (Å²) in [7, 11) is -2.78. The molecule has 0 N–H and O–H groups in total. The maximum Gasteiger partial charge on any atom is 0.288 e. The second kappa shape index (κ2) is 16.0. The van der Waals surface area contributed by atoms with Crippen molar-refractivity contribution in [3.63, 3.8) is 0 Å². The van der Waals surface area contributed by atoms with Crippen LogP contribution in [0.2, 0.25) is 0 Å². The predicted octanol–water partition coefficient (Wildman–Crippen LogP) is 8.83. The molecule has 0 heterocycles. The quantitative estimate of drug-likeness (QED) is 0.0511. The van der Waals surface area contributed by atoms with Crippen molar-refractivity contribution in [3.05, 3.63) is 188 Å². The van der Waals surface area contributed by atoms with Crippen molar-refractivity contribution in [2.24, 2.45) is 5.92 Å². The lowest BCUT2D eigenvalue weighted by Gasteiger charge is -2.34. The lowest BCUT2D eigenvalue weighted by atomic mass is 9.98. The summed E-state index contributed by atoms with van der Waals surface area (Å²) in [6, 6.07) is 65.4. The van der Waals surface area contributed by atoms with Gasteiger partial charge in [-0.1, -0.05) is 158 Å². The molecule has 1 atom stereocenters. The molecule has 0 bridgehead atoms. The van der Waals surface area contributed by atoms with E-state index in [-0.39, 0.29) is 0 Å². The number of thioether (sulfide) groups is 2. The first-order valence-electron chi connectivity index (χ1n) is 15.6. The Balaban J connectivity index is 1.36. The molecule has 6 aromatic rings. The van der Waals surface area contributed by atoms with Gasteiger partial charge in [-0.15, -0.1) is 23.5 Å². The molecule has 6 rings (SSSR count). The van der Waals surface area contributed by atoms with Crippen LogP contribution in [0.25, 0.3) is 0 Å². The Labute approximate surface area is 277 Å². The van der Waals surface area contributed by atoms with Crippen LogP contribution in [0, 0.1) is 5.92 Å². The summed E-state index contributed by atoms with van der Waals surface area (Å²) in [5, 5.41) is 3.82. The van der Waals surface area contributed by atoms with Crippen LogP contribution in [-0.4, -0.2) is 19.5 Å². The SMILES string of the molecule is c1ccc(CC(CCO[Si](c2ccccc2)(c2ccccc2)c2ccccc2)C(Sc2ccccc2)Sc2ccccc2)cc1. The molecule has 0 amide bonds. The van der Waals surface area contributed by atoms with E-state index in [2.05, 4.69) is 182 Å². The maximum absolute atomic E-state index is 7.43. The molecule has 0 spiro atoms. The Kier molecular flexibility index (Phi) is 11.1. The Morgan fingerprint density at radius 3 is 1.20 bits per heavy atom. The van der Waals surface area contributed by atoms with Gasteiger partial charge in [0.1, 0.15) is 0 Å². The van der Waals surface area contributed by atoms with Gasteiger partial charge >= 0.3 is 0 Å². The molecule has 0 saturated carbocycles. The molecule has 45 heavy (non-hydrogen) atoms. The molecule has 0 fully saturated rings. The lowest BCUT2D eigenvalue weighted by Crippen LogP contribution is -2.69.